The van der Waals surface area contributed by atoms with Crippen LogP contribution in [0.1, 0.15) is 19.4 Å². The van der Waals surface area contributed by atoms with Crippen molar-refractivity contribution in [3.8, 4) is 0 Å². The van der Waals surface area contributed by atoms with Crippen LogP contribution in [0.25, 0.3) is 0 Å². The zero-order valence-corrected chi connectivity index (χ0v) is 9.66. The van der Waals surface area contributed by atoms with Crippen LogP contribution < -0.4 is 11.2 Å². The molecule has 0 aromatic carbocycles. The van der Waals surface area contributed by atoms with Gasteiger partial charge in [0.25, 0.3) is 5.56 Å². The molecule has 0 amide bonds. The molecule has 16 heavy (non-hydrogen) atoms. The fraction of sp³-hybridized carbons (Fsp3) is 0.600. The van der Waals surface area contributed by atoms with Crippen molar-refractivity contribution in [2.45, 2.75) is 19.4 Å². The second kappa shape index (κ2) is 4.43. The molecule has 88 valence electrons. The van der Waals surface area contributed by atoms with Crippen molar-refractivity contribution < 1.29 is 4.74 Å². The Labute approximate surface area is 97.0 Å². The van der Waals surface area contributed by atoms with E-state index in [2.05, 4.69) is 4.98 Å². The van der Waals surface area contributed by atoms with Crippen molar-refractivity contribution in [1.82, 2.24) is 9.55 Å². The zero-order valence-electron chi connectivity index (χ0n) is 8.90. The number of ether oxygens (including phenoxy) is 1. The molecule has 1 fully saturated rings. The number of aromatic nitrogens is 2. The van der Waals surface area contributed by atoms with Crippen LogP contribution in [0.15, 0.2) is 15.7 Å². The summed E-state index contributed by atoms with van der Waals surface area (Å²) in [6, 6.07) is 1.05. The Morgan fingerprint density at radius 2 is 2.38 bits per heavy atom. The molecular formula is C10H13ClN2O3. The van der Waals surface area contributed by atoms with Gasteiger partial charge in [0.1, 0.15) is 5.15 Å². The van der Waals surface area contributed by atoms with Crippen molar-refractivity contribution in [3.05, 3.63) is 32.1 Å². The Hall–Kier alpha value is -1.07. The van der Waals surface area contributed by atoms with Gasteiger partial charge in [0.15, 0.2) is 0 Å². The van der Waals surface area contributed by atoms with E-state index in [4.69, 9.17) is 16.3 Å². The summed E-state index contributed by atoms with van der Waals surface area (Å²) in [7, 11) is 0. The monoisotopic (exact) mass is 244 g/mol. The van der Waals surface area contributed by atoms with Crippen LogP contribution in [0.5, 0.6) is 0 Å². The van der Waals surface area contributed by atoms with E-state index in [9.17, 15) is 9.59 Å². The zero-order chi connectivity index (χ0) is 11.7. The van der Waals surface area contributed by atoms with Crippen LogP contribution in [0.2, 0.25) is 5.15 Å². The summed E-state index contributed by atoms with van der Waals surface area (Å²) < 4.78 is 6.45. The number of nitrogens with one attached hydrogen (secondary N) is 1. The second-order valence-electron chi connectivity index (χ2n) is 3.99. The average Bonchev–Trinajstić information content (AvgIpc) is 2.67. The van der Waals surface area contributed by atoms with E-state index in [-0.39, 0.29) is 22.7 Å². The molecule has 2 unspecified atom stereocenters. The predicted molar refractivity (Wildman–Crippen MR) is 60.0 cm³/mol. The minimum Gasteiger partial charge on any atom is -0.381 e. The molecule has 2 heterocycles. The van der Waals surface area contributed by atoms with Gasteiger partial charge < -0.3 is 4.74 Å². The van der Waals surface area contributed by atoms with E-state index in [0.29, 0.717) is 13.2 Å². The van der Waals surface area contributed by atoms with Gasteiger partial charge >= 0.3 is 5.69 Å². The van der Waals surface area contributed by atoms with E-state index >= 15 is 0 Å². The number of H-pyrrole nitrogens is 1. The molecule has 1 aliphatic rings. The number of hydrogen-bond donors (Lipinski definition) is 1. The van der Waals surface area contributed by atoms with Gasteiger partial charge in [-0.15, -0.1) is 0 Å². The Morgan fingerprint density at radius 3 is 2.94 bits per heavy atom. The smallest absolute Gasteiger partial charge is 0.329 e. The third-order valence-electron chi connectivity index (χ3n) is 2.99. The fourth-order valence-corrected chi connectivity index (χ4v) is 2.18. The molecule has 0 radical (unpaired) electrons. The third kappa shape index (κ3) is 2.05. The van der Waals surface area contributed by atoms with E-state index in [1.807, 2.05) is 6.92 Å². The van der Waals surface area contributed by atoms with E-state index in [1.54, 1.807) is 0 Å². The first-order chi connectivity index (χ1) is 7.59. The van der Waals surface area contributed by atoms with Crippen LogP contribution in [-0.4, -0.2) is 22.8 Å². The predicted octanol–water partition coefficient (Wildman–Crippen LogP) is 0.788. The van der Waals surface area contributed by atoms with Gasteiger partial charge in [0.05, 0.1) is 6.61 Å². The van der Waals surface area contributed by atoms with E-state index in [1.165, 1.54) is 10.6 Å². The highest BCUT2D eigenvalue weighted by molar-refractivity contribution is 6.29. The highest BCUT2D eigenvalue weighted by Crippen LogP contribution is 2.23. The topological polar surface area (TPSA) is 64.1 Å². The summed E-state index contributed by atoms with van der Waals surface area (Å²) in [5.41, 5.74) is -0.829. The minimum atomic E-state index is -0.461. The molecule has 1 saturated heterocycles. The van der Waals surface area contributed by atoms with Crippen molar-refractivity contribution in [3.63, 3.8) is 0 Å². The summed E-state index contributed by atoms with van der Waals surface area (Å²) in [6.07, 6.45) is 0.871. The fourth-order valence-electron chi connectivity index (χ4n) is 2.01. The summed E-state index contributed by atoms with van der Waals surface area (Å²) in [5, 5.41) is 0.0705. The highest BCUT2D eigenvalue weighted by atomic mass is 35.5. The quantitative estimate of drug-likeness (QED) is 0.783. The molecule has 1 aliphatic heterocycles. The van der Waals surface area contributed by atoms with Crippen molar-refractivity contribution >= 4 is 11.6 Å². The lowest BCUT2D eigenvalue weighted by molar-refractivity contribution is 0.174. The summed E-state index contributed by atoms with van der Waals surface area (Å²) in [6.45, 7) is 3.13. The molecule has 6 heteroatoms. The van der Waals surface area contributed by atoms with Crippen LogP contribution in [0.3, 0.4) is 0 Å². The largest absolute Gasteiger partial charge is 0.381 e. The number of rotatable bonds is 2. The van der Waals surface area contributed by atoms with E-state index in [0.717, 1.165) is 6.42 Å². The molecule has 2 rings (SSSR count). The van der Waals surface area contributed by atoms with Gasteiger partial charge in [-0.05, 0) is 13.3 Å². The molecule has 0 aliphatic carbocycles. The Balaban J connectivity index is 2.39. The number of nitrogens with zero attached hydrogens (tertiary/aromatic N) is 1. The Morgan fingerprint density at radius 1 is 1.62 bits per heavy atom. The minimum absolute atomic E-state index is 0.0705. The number of aromatic amines is 1. The van der Waals surface area contributed by atoms with Crippen molar-refractivity contribution in [1.29, 1.82) is 0 Å². The molecule has 0 bridgehead atoms. The van der Waals surface area contributed by atoms with Crippen LogP contribution in [0.4, 0.5) is 0 Å². The summed E-state index contributed by atoms with van der Waals surface area (Å²) in [4.78, 5) is 25.7. The van der Waals surface area contributed by atoms with Gasteiger partial charge in [0.2, 0.25) is 0 Å². The maximum atomic E-state index is 11.7. The average molecular weight is 245 g/mol. The molecule has 0 spiro atoms. The maximum Gasteiger partial charge on any atom is 0.329 e. The second-order valence-corrected chi connectivity index (χ2v) is 4.40. The van der Waals surface area contributed by atoms with E-state index < -0.39 is 5.69 Å². The summed E-state index contributed by atoms with van der Waals surface area (Å²) >= 11 is 5.59. The lowest BCUT2D eigenvalue weighted by atomic mass is 10.0. The molecule has 5 nitrogen and oxygen atoms in total. The summed E-state index contributed by atoms with van der Waals surface area (Å²) in [5.74, 6) is 0.208. The standard InChI is InChI=1S/C10H13ClN2O3/c1-6(7-2-3-16-5-7)13-9(14)4-8(11)12-10(13)15/h4,6-7H,2-3,5H2,1H3,(H,12,15). The van der Waals surface area contributed by atoms with Gasteiger partial charge in [-0.25, -0.2) is 4.79 Å². The third-order valence-corrected chi connectivity index (χ3v) is 3.19. The lowest BCUT2D eigenvalue weighted by Crippen LogP contribution is -2.39. The Kier molecular flexibility index (Phi) is 3.16. The lowest BCUT2D eigenvalue weighted by Gasteiger charge is -2.18. The normalized spacial score (nSPS) is 22.2. The SMILES string of the molecule is CC(C1CCOC1)n1c(=O)cc(Cl)[nH]c1=O. The molecule has 1 N–H and O–H groups in total. The molecule has 0 saturated carbocycles. The first kappa shape index (κ1) is 11.4. The van der Waals surface area contributed by atoms with Crippen molar-refractivity contribution in [2.24, 2.45) is 5.92 Å². The van der Waals surface area contributed by atoms with Crippen LogP contribution in [0, 0.1) is 5.92 Å². The first-order valence-electron chi connectivity index (χ1n) is 5.18. The van der Waals surface area contributed by atoms with Gasteiger partial charge in [-0.1, -0.05) is 11.6 Å². The molecule has 1 aromatic rings. The Bertz CT molecular complexity index is 456. The first-order valence-corrected chi connectivity index (χ1v) is 5.56. The highest BCUT2D eigenvalue weighted by Gasteiger charge is 2.25. The van der Waals surface area contributed by atoms with Crippen LogP contribution >= 0.6 is 11.6 Å². The molecule has 2 atom stereocenters. The van der Waals surface area contributed by atoms with Crippen LogP contribution in [-0.2, 0) is 4.74 Å². The molecular weight excluding hydrogens is 232 g/mol. The molecule has 1 aromatic heterocycles. The number of halogens is 1. The van der Waals surface area contributed by atoms with Gasteiger partial charge in [-0.3, -0.25) is 14.3 Å². The van der Waals surface area contributed by atoms with Gasteiger partial charge in [0, 0.05) is 24.6 Å². The van der Waals surface area contributed by atoms with Crippen molar-refractivity contribution in [2.75, 3.05) is 13.2 Å². The van der Waals surface area contributed by atoms with Gasteiger partial charge in [-0.2, -0.15) is 0 Å². The number of hydrogen-bond acceptors (Lipinski definition) is 3. The maximum absolute atomic E-state index is 11.7.